The molecule has 0 radical (unpaired) electrons. The van der Waals surface area contributed by atoms with E-state index in [1.807, 2.05) is 45.0 Å². The van der Waals surface area contributed by atoms with Crippen molar-refractivity contribution in [2.24, 2.45) is 5.92 Å². The van der Waals surface area contributed by atoms with Crippen LogP contribution >= 0.6 is 11.6 Å². The highest BCUT2D eigenvalue weighted by Crippen LogP contribution is 2.22. The molecule has 0 fully saturated rings. The minimum Gasteiger partial charge on any atom is -0.494 e. The second-order valence-electron chi connectivity index (χ2n) is 8.18. The minimum absolute atomic E-state index is 0.0172. The second kappa shape index (κ2) is 11.2. The molecule has 0 atom stereocenters. The van der Waals surface area contributed by atoms with E-state index in [1.165, 1.54) is 0 Å². The molecule has 0 saturated heterocycles. The number of nitrogens with one attached hydrogen (secondary N) is 1. The highest BCUT2D eigenvalue weighted by molar-refractivity contribution is 6.31. The zero-order valence-corrected chi connectivity index (χ0v) is 19.4. The summed E-state index contributed by atoms with van der Waals surface area (Å²) in [6.45, 7) is 8.05. The molecule has 0 bridgehead atoms. The summed E-state index contributed by atoms with van der Waals surface area (Å²) in [5.74, 6) is 2.06. The number of para-hydroxylation sites is 2. The number of hydrogen-bond acceptors (Lipinski definition) is 3. The minimum atomic E-state index is 0.0172. The number of carbonyl (C=O) groups is 1. The fourth-order valence-electron chi connectivity index (χ4n) is 3.50. The van der Waals surface area contributed by atoms with Crippen molar-refractivity contribution in [1.82, 2.24) is 14.9 Å². The molecule has 2 aromatic carbocycles. The Balaban J connectivity index is 1.53. The quantitative estimate of drug-likeness (QED) is 0.396. The van der Waals surface area contributed by atoms with E-state index in [-0.39, 0.29) is 11.8 Å². The standard InChI is InChI=1S/C25H32ClN3O2/c1-18(2)25(30)27-14-8-11-24-28-22-9-4-5-10-23(22)29(24)15-6-7-16-31-20-12-13-21(26)19(3)17-20/h4-5,9-10,12-13,17-18H,6-8,11,14-16H2,1-3H3,(H,27,30). The van der Waals surface area contributed by atoms with Gasteiger partial charge in [-0.05, 0) is 62.1 Å². The molecule has 166 valence electrons. The highest BCUT2D eigenvalue weighted by Gasteiger charge is 2.11. The van der Waals surface area contributed by atoms with Crippen LogP contribution in [-0.2, 0) is 17.8 Å². The first kappa shape index (κ1) is 23.1. The number of ether oxygens (including phenoxy) is 1. The lowest BCUT2D eigenvalue weighted by atomic mass is 10.2. The monoisotopic (exact) mass is 441 g/mol. The molecule has 5 nitrogen and oxygen atoms in total. The molecule has 3 aromatic rings. The van der Waals surface area contributed by atoms with Crippen molar-refractivity contribution in [3.8, 4) is 5.75 Å². The maximum absolute atomic E-state index is 11.8. The van der Waals surface area contributed by atoms with Gasteiger partial charge in [0.25, 0.3) is 0 Å². The van der Waals surface area contributed by atoms with Gasteiger partial charge in [0.15, 0.2) is 0 Å². The number of imidazole rings is 1. The number of fused-ring (bicyclic) bond motifs is 1. The first-order valence-corrected chi connectivity index (χ1v) is 11.4. The number of hydrogen-bond donors (Lipinski definition) is 1. The molecule has 0 aliphatic heterocycles. The van der Waals surface area contributed by atoms with E-state index in [0.717, 1.165) is 65.4 Å². The molecule has 3 rings (SSSR count). The zero-order valence-electron chi connectivity index (χ0n) is 18.7. The summed E-state index contributed by atoms with van der Waals surface area (Å²) in [7, 11) is 0. The van der Waals surface area contributed by atoms with Gasteiger partial charge < -0.3 is 14.6 Å². The van der Waals surface area contributed by atoms with Crippen LogP contribution in [0.3, 0.4) is 0 Å². The summed E-state index contributed by atoms with van der Waals surface area (Å²) >= 11 is 6.07. The molecule has 6 heteroatoms. The molecule has 1 aromatic heterocycles. The van der Waals surface area contributed by atoms with Crippen LogP contribution in [0.4, 0.5) is 0 Å². The molecular weight excluding hydrogens is 410 g/mol. The van der Waals surface area contributed by atoms with Gasteiger partial charge in [-0.1, -0.05) is 37.6 Å². The predicted octanol–water partition coefficient (Wildman–Crippen LogP) is 5.56. The van der Waals surface area contributed by atoms with E-state index in [2.05, 4.69) is 28.1 Å². The zero-order chi connectivity index (χ0) is 22.2. The van der Waals surface area contributed by atoms with E-state index >= 15 is 0 Å². The van der Waals surface area contributed by atoms with Gasteiger partial charge in [0.1, 0.15) is 11.6 Å². The van der Waals surface area contributed by atoms with Crippen LogP contribution in [0.2, 0.25) is 5.02 Å². The molecule has 0 aliphatic carbocycles. The summed E-state index contributed by atoms with van der Waals surface area (Å²) < 4.78 is 8.19. The molecule has 1 N–H and O–H groups in total. The van der Waals surface area contributed by atoms with Gasteiger partial charge in [0, 0.05) is 30.5 Å². The number of aromatic nitrogens is 2. The average molecular weight is 442 g/mol. The first-order chi connectivity index (χ1) is 15.0. The van der Waals surface area contributed by atoms with Gasteiger partial charge in [-0.3, -0.25) is 4.79 Å². The Bertz CT molecular complexity index is 1010. The topological polar surface area (TPSA) is 56.1 Å². The number of benzene rings is 2. The van der Waals surface area contributed by atoms with Crippen molar-refractivity contribution in [3.63, 3.8) is 0 Å². The van der Waals surface area contributed by atoms with Gasteiger partial charge in [-0.2, -0.15) is 0 Å². The number of amides is 1. The van der Waals surface area contributed by atoms with Crippen molar-refractivity contribution in [2.45, 2.75) is 53.0 Å². The lowest BCUT2D eigenvalue weighted by Gasteiger charge is -2.11. The first-order valence-electron chi connectivity index (χ1n) is 11.1. The summed E-state index contributed by atoms with van der Waals surface area (Å²) in [5.41, 5.74) is 3.22. The Morgan fingerprint density at radius 1 is 1.16 bits per heavy atom. The van der Waals surface area contributed by atoms with Crippen molar-refractivity contribution < 1.29 is 9.53 Å². The molecule has 0 aliphatic rings. The van der Waals surface area contributed by atoms with Crippen LogP contribution in [0.5, 0.6) is 5.75 Å². The van der Waals surface area contributed by atoms with Crippen molar-refractivity contribution in [2.75, 3.05) is 13.2 Å². The van der Waals surface area contributed by atoms with Crippen LogP contribution in [0.15, 0.2) is 42.5 Å². The number of carbonyl (C=O) groups excluding carboxylic acids is 1. The third-order valence-corrected chi connectivity index (χ3v) is 5.73. The average Bonchev–Trinajstić information content (AvgIpc) is 3.10. The van der Waals surface area contributed by atoms with Crippen LogP contribution in [0.1, 0.15) is 44.5 Å². The SMILES string of the molecule is Cc1cc(OCCCCn2c(CCCNC(=O)C(C)C)nc3ccccc32)ccc1Cl. The maximum Gasteiger partial charge on any atom is 0.222 e. The molecule has 1 amide bonds. The van der Waals surface area contributed by atoms with Crippen molar-refractivity contribution in [1.29, 1.82) is 0 Å². The van der Waals surface area contributed by atoms with Crippen LogP contribution in [0, 0.1) is 12.8 Å². The second-order valence-corrected chi connectivity index (χ2v) is 8.59. The smallest absolute Gasteiger partial charge is 0.222 e. The van der Waals surface area contributed by atoms with Crippen LogP contribution in [-0.4, -0.2) is 28.6 Å². The Labute approximate surface area is 189 Å². The Kier molecular flexibility index (Phi) is 8.35. The Morgan fingerprint density at radius 2 is 1.97 bits per heavy atom. The summed E-state index contributed by atoms with van der Waals surface area (Å²) in [6.07, 6.45) is 3.68. The highest BCUT2D eigenvalue weighted by atomic mass is 35.5. The number of unbranched alkanes of at least 4 members (excludes halogenated alkanes) is 1. The molecular formula is C25H32ClN3O2. The lowest BCUT2D eigenvalue weighted by Crippen LogP contribution is -2.28. The predicted molar refractivity (Wildman–Crippen MR) is 127 cm³/mol. The summed E-state index contributed by atoms with van der Waals surface area (Å²) in [4.78, 5) is 16.6. The van der Waals surface area contributed by atoms with Gasteiger partial charge >= 0.3 is 0 Å². The van der Waals surface area contributed by atoms with Crippen LogP contribution in [0.25, 0.3) is 11.0 Å². The van der Waals surface area contributed by atoms with Gasteiger partial charge in [0.2, 0.25) is 5.91 Å². The lowest BCUT2D eigenvalue weighted by molar-refractivity contribution is -0.123. The van der Waals surface area contributed by atoms with Gasteiger partial charge in [-0.25, -0.2) is 4.98 Å². The molecule has 31 heavy (non-hydrogen) atoms. The van der Waals surface area contributed by atoms with E-state index in [9.17, 15) is 4.79 Å². The summed E-state index contributed by atoms with van der Waals surface area (Å²) in [6, 6.07) is 14.0. The van der Waals surface area contributed by atoms with Gasteiger partial charge in [-0.15, -0.1) is 0 Å². The largest absolute Gasteiger partial charge is 0.494 e. The molecule has 0 saturated carbocycles. The molecule has 0 unspecified atom stereocenters. The molecule has 0 spiro atoms. The van der Waals surface area contributed by atoms with Crippen LogP contribution < -0.4 is 10.1 Å². The molecule has 1 heterocycles. The van der Waals surface area contributed by atoms with E-state index in [1.54, 1.807) is 0 Å². The van der Waals surface area contributed by atoms with E-state index in [0.29, 0.717) is 13.2 Å². The normalized spacial score (nSPS) is 11.3. The Morgan fingerprint density at radius 3 is 2.74 bits per heavy atom. The Hall–Kier alpha value is -2.53. The maximum atomic E-state index is 11.8. The number of rotatable bonds is 11. The van der Waals surface area contributed by atoms with Gasteiger partial charge in [0.05, 0.1) is 17.6 Å². The third kappa shape index (κ3) is 6.47. The summed E-state index contributed by atoms with van der Waals surface area (Å²) in [5, 5.41) is 3.75. The third-order valence-electron chi connectivity index (χ3n) is 5.31. The number of nitrogens with zero attached hydrogens (tertiary/aromatic N) is 2. The number of aryl methyl sites for hydroxylation is 3. The van der Waals surface area contributed by atoms with Crippen molar-refractivity contribution in [3.05, 3.63) is 58.9 Å². The number of halogens is 1. The van der Waals surface area contributed by atoms with Crippen molar-refractivity contribution >= 4 is 28.5 Å². The fourth-order valence-corrected chi connectivity index (χ4v) is 3.61. The van der Waals surface area contributed by atoms with E-state index in [4.69, 9.17) is 21.3 Å². The van der Waals surface area contributed by atoms with E-state index < -0.39 is 0 Å². The fraction of sp³-hybridized carbons (Fsp3) is 0.440.